The fourth-order valence-electron chi connectivity index (χ4n) is 2.56. The van der Waals surface area contributed by atoms with Crippen molar-refractivity contribution in [2.45, 2.75) is 33.8 Å². The molecular formula is C20H22FNO4. The molecule has 2 rings (SSSR count). The highest BCUT2D eigenvalue weighted by Crippen LogP contribution is 2.22. The Morgan fingerprint density at radius 2 is 1.65 bits per heavy atom. The van der Waals surface area contributed by atoms with E-state index in [1.165, 1.54) is 31.2 Å². The second-order valence-electron chi connectivity index (χ2n) is 6.14. The van der Waals surface area contributed by atoms with Crippen LogP contribution < -0.4 is 10.1 Å². The van der Waals surface area contributed by atoms with Crippen molar-refractivity contribution in [2.75, 3.05) is 11.9 Å². The Kier molecular flexibility index (Phi) is 6.33. The van der Waals surface area contributed by atoms with Crippen LogP contribution in [0, 0.1) is 26.6 Å². The zero-order valence-electron chi connectivity index (χ0n) is 15.3. The maximum Gasteiger partial charge on any atom is 0.344 e. The minimum Gasteiger partial charge on any atom is -0.482 e. The van der Waals surface area contributed by atoms with E-state index < -0.39 is 23.8 Å². The van der Waals surface area contributed by atoms with Gasteiger partial charge in [0.2, 0.25) is 0 Å². The number of anilines is 1. The van der Waals surface area contributed by atoms with Crippen LogP contribution in [0.2, 0.25) is 0 Å². The number of hydrogen-bond acceptors (Lipinski definition) is 4. The monoisotopic (exact) mass is 359 g/mol. The lowest BCUT2D eigenvalue weighted by molar-refractivity contribution is -0.155. The highest BCUT2D eigenvalue weighted by atomic mass is 19.1. The second kappa shape index (κ2) is 8.47. The van der Waals surface area contributed by atoms with Crippen molar-refractivity contribution in [3.63, 3.8) is 0 Å². The van der Waals surface area contributed by atoms with Gasteiger partial charge in [-0.3, -0.25) is 4.79 Å². The Hall–Kier alpha value is -2.89. The van der Waals surface area contributed by atoms with Gasteiger partial charge in [-0.25, -0.2) is 9.18 Å². The smallest absolute Gasteiger partial charge is 0.344 e. The van der Waals surface area contributed by atoms with E-state index in [0.29, 0.717) is 11.4 Å². The highest BCUT2D eigenvalue weighted by molar-refractivity contribution is 5.96. The minimum absolute atomic E-state index is 0.339. The van der Waals surface area contributed by atoms with Gasteiger partial charge in [-0.1, -0.05) is 17.7 Å². The van der Waals surface area contributed by atoms with Crippen LogP contribution in [0.1, 0.15) is 23.6 Å². The van der Waals surface area contributed by atoms with Crippen LogP contribution in [0.25, 0.3) is 0 Å². The Balaban J connectivity index is 1.88. The fraction of sp³-hybridized carbons (Fsp3) is 0.300. The molecule has 5 nitrogen and oxygen atoms in total. The predicted octanol–water partition coefficient (Wildman–Crippen LogP) is 3.70. The van der Waals surface area contributed by atoms with Crippen molar-refractivity contribution in [1.29, 1.82) is 0 Å². The van der Waals surface area contributed by atoms with E-state index in [-0.39, 0.29) is 6.61 Å². The molecule has 2 aromatic carbocycles. The number of hydrogen-bond donors (Lipinski definition) is 1. The Morgan fingerprint density at radius 1 is 1.08 bits per heavy atom. The van der Waals surface area contributed by atoms with Crippen LogP contribution in [0.15, 0.2) is 36.4 Å². The molecule has 0 saturated carbocycles. The number of aryl methyl sites for hydroxylation is 3. The van der Waals surface area contributed by atoms with Crippen molar-refractivity contribution in [3.05, 3.63) is 58.9 Å². The summed E-state index contributed by atoms with van der Waals surface area (Å²) in [5, 5.41) is 2.79. The number of rotatable bonds is 6. The van der Waals surface area contributed by atoms with E-state index in [9.17, 15) is 14.0 Å². The Morgan fingerprint density at radius 3 is 2.23 bits per heavy atom. The largest absolute Gasteiger partial charge is 0.482 e. The predicted molar refractivity (Wildman–Crippen MR) is 96.7 cm³/mol. The summed E-state index contributed by atoms with van der Waals surface area (Å²) in [4.78, 5) is 24.1. The van der Waals surface area contributed by atoms with Crippen molar-refractivity contribution < 1.29 is 23.5 Å². The first-order valence-corrected chi connectivity index (χ1v) is 8.23. The number of esters is 1. The maximum atomic E-state index is 12.8. The summed E-state index contributed by atoms with van der Waals surface area (Å²) < 4.78 is 23.1. The SMILES string of the molecule is Cc1cc(C)c(NC(=O)[C@H](C)OC(=O)COc2ccc(F)cc2)c(C)c1. The van der Waals surface area contributed by atoms with Gasteiger partial charge in [0.25, 0.3) is 5.91 Å². The van der Waals surface area contributed by atoms with Gasteiger partial charge in [-0.15, -0.1) is 0 Å². The lowest BCUT2D eigenvalue weighted by Crippen LogP contribution is -2.32. The first kappa shape index (κ1) is 19.4. The molecule has 0 aliphatic rings. The molecule has 0 saturated heterocycles. The van der Waals surface area contributed by atoms with E-state index in [4.69, 9.17) is 9.47 Å². The molecule has 0 spiro atoms. The lowest BCUT2D eigenvalue weighted by atomic mass is 10.0. The molecule has 0 bridgehead atoms. The molecule has 0 aliphatic heterocycles. The van der Waals surface area contributed by atoms with Crippen LogP contribution in [0.3, 0.4) is 0 Å². The van der Waals surface area contributed by atoms with Crippen LogP contribution in [-0.2, 0) is 14.3 Å². The molecule has 0 aromatic heterocycles. The summed E-state index contributed by atoms with van der Waals surface area (Å²) in [5.74, 6) is -1.16. The molecule has 0 radical (unpaired) electrons. The van der Waals surface area contributed by atoms with E-state index >= 15 is 0 Å². The first-order chi connectivity index (χ1) is 12.3. The third-order valence-electron chi connectivity index (χ3n) is 3.77. The number of benzene rings is 2. The van der Waals surface area contributed by atoms with Crippen LogP contribution in [-0.4, -0.2) is 24.6 Å². The van der Waals surface area contributed by atoms with Gasteiger partial charge in [0.1, 0.15) is 11.6 Å². The summed E-state index contributed by atoms with van der Waals surface area (Å²) in [5.41, 5.74) is 3.70. The molecule has 0 aliphatic carbocycles. The van der Waals surface area contributed by atoms with E-state index in [1.807, 2.05) is 32.9 Å². The Bertz CT molecular complexity index is 779. The molecule has 2 aromatic rings. The molecule has 6 heteroatoms. The normalized spacial score (nSPS) is 11.6. The average molecular weight is 359 g/mol. The third-order valence-corrected chi connectivity index (χ3v) is 3.77. The first-order valence-electron chi connectivity index (χ1n) is 8.23. The highest BCUT2D eigenvalue weighted by Gasteiger charge is 2.19. The molecule has 138 valence electrons. The summed E-state index contributed by atoms with van der Waals surface area (Å²) in [6.07, 6.45) is -0.973. The van der Waals surface area contributed by atoms with Crippen molar-refractivity contribution in [3.8, 4) is 5.75 Å². The van der Waals surface area contributed by atoms with Gasteiger partial charge in [0.15, 0.2) is 12.7 Å². The number of nitrogens with one attached hydrogen (secondary N) is 1. The number of carbonyl (C=O) groups is 2. The zero-order chi connectivity index (χ0) is 19.3. The number of halogens is 1. The van der Waals surface area contributed by atoms with Gasteiger partial charge >= 0.3 is 5.97 Å². The van der Waals surface area contributed by atoms with Crippen molar-refractivity contribution in [2.24, 2.45) is 0 Å². The van der Waals surface area contributed by atoms with E-state index in [1.54, 1.807) is 0 Å². The van der Waals surface area contributed by atoms with E-state index in [0.717, 1.165) is 16.7 Å². The number of carbonyl (C=O) groups excluding carboxylic acids is 2. The van der Waals surface area contributed by atoms with Crippen LogP contribution in [0.5, 0.6) is 5.75 Å². The maximum absolute atomic E-state index is 12.8. The summed E-state index contributed by atoms with van der Waals surface area (Å²) >= 11 is 0. The van der Waals surface area contributed by atoms with Gasteiger partial charge in [0.05, 0.1) is 0 Å². The summed E-state index contributed by atoms with van der Waals surface area (Å²) in [6, 6.07) is 9.20. The fourth-order valence-corrected chi connectivity index (χ4v) is 2.56. The molecule has 0 heterocycles. The third kappa shape index (κ3) is 5.31. The Labute approximate surface area is 152 Å². The minimum atomic E-state index is -0.973. The van der Waals surface area contributed by atoms with Crippen LogP contribution >= 0.6 is 0 Å². The molecule has 0 unspecified atom stereocenters. The summed E-state index contributed by atoms with van der Waals surface area (Å²) in [6.45, 7) is 6.92. The van der Waals surface area contributed by atoms with Gasteiger partial charge in [-0.2, -0.15) is 0 Å². The molecular weight excluding hydrogens is 337 g/mol. The molecule has 0 fully saturated rings. The zero-order valence-corrected chi connectivity index (χ0v) is 15.3. The number of amides is 1. The molecule has 26 heavy (non-hydrogen) atoms. The van der Waals surface area contributed by atoms with Gasteiger partial charge in [-0.05, 0) is 63.1 Å². The van der Waals surface area contributed by atoms with E-state index in [2.05, 4.69) is 5.32 Å². The second-order valence-corrected chi connectivity index (χ2v) is 6.14. The average Bonchev–Trinajstić information content (AvgIpc) is 2.57. The standard InChI is InChI=1S/C20H22FNO4/c1-12-9-13(2)19(14(3)10-12)22-20(24)15(4)26-18(23)11-25-17-7-5-16(21)6-8-17/h5-10,15H,11H2,1-4H3,(H,22,24)/t15-/m0/s1. The van der Waals surface area contributed by atoms with Gasteiger partial charge in [0, 0.05) is 5.69 Å². The molecule has 1 N–H and O–H groups in total. The molecule has 1 amide bonds. The van der Waals surface area contributed by atoms with Crippen molar-refractivity contribution >= 4 is 17.6 Å². The lowest BCUT2D eigenvalue weighted by Gasteiger charge is -2.17. The topological polar surface area (TPSA) is 64.6 Å². The van der Waals surface area contributed by atoms with Gasteiger partial charge < -0.3 is 14.8 Å². The molecule has 1 atom stereocenters. The quantitative estimate of drug-likeness (QED) is 0.799. The summed E-state index contributed by atoms with van der Waals surface area (Å²) in [7, 11) is 0. The number of ether oxygens (including phenoxy) is 2. The van der Waals surface area contributed by atoms with Crippen LogP contribution in [0.4, 0.5) is 10.1 Å². The van der Waals surface area contributed by atoms with Crippen molar-refractivity contribution in [1.82, 2.24) is 0 Å².